The lowest BCUT2D eigenvalue weighted by molar-refractivity contribution is 0.259. The van der Waals surface area contributed by atoms with Gasteiger partial charge in [-0.25, -0.2) is 4.98 Å². The first-order valence-corrected chi connectivity index (χ1v) is 6.96. The molecular weight excluding hydrogens is 250 g/mol. The SMILES string of the molecule is Cc1cnc(OCCC[C@H]2CCCNC2)nc1Cl. The minimum absolute atomic E-state index is 0.382. The Bertz CT molecular complexity index is 380. The summed E-state index contributed by atoms with van der Waals surface area (Å²) in [5, 5.41) is 3.89. The normalized spacial score (nSPS) is 19.8. The van der Waals surface area contributed by atoms with Crippen LogP contribution in [0.25, 0.3) is 0 Å². The van der Waals surface area contributed by atoms with E-state index < -0.39 is 0 Å². The maximum absolute atomic E-state index is 5.91. The molecule has 1 N–H and O–H groups in total. The molecular formula is C13H20ClN3O. The Morgan fingerprint density at radius 2 is 2.44 bits per heavy atom. The summed E-state index contributed by atoms with van der Waals surface area (Å²) in [7, 11) is 0. The molecule has 0 aromatic carbocycles. The minimum Gasteiger partial charge on any atom is -0.463 e. The highest BCUT2D eigenvalue weighted by Gasteiger charge is 2.12. The standard InChI is InChI=1S/C13H20ClN3O/c1-10-8-16-13(17-12(10)14)18-7-3-5-11-4-2-6-15-9-11/h8,11,15H,2-7,9H2,1H3/t11-/m1/s1. The molecule has 1 saturated heterocycles. The van der Waals surface area contributed by atoms with Crippen LogP contribution in [0.2, 0.25) is 5.15 Å². The number of aromatic nitrogens is 2. The van der Waals surface area contributed by atoms with Gasteiger partial charge in [-0.2, -0.15) is 4.98 Å². The summed E-state index contributed by atoms with van der Waals surface area (Å²) < 4.78 is 5.51. The lowest BCUT2D eigenvalue weighted by Gasteiger charge is -2.22. The summed E-state index contributed by atoms with van der Waals surface area (Å²) >= 11 is 5.91. The molecule has 1 aliphatic heterocycles. The topological polar surface area (TPSA) is 47.0 Å². The fourth-order valence-electron chi connectivity index (χ4n) is 2.18. The van der Waals surface area contributed by atoms with Crippen molar-refractivity contribution in [2.75, 3.05) is 19.7 Å². The number of hydrogen-bond donors (Lipinski definition) is 1. The van der Waals surface area contributed by atoms with Crippen molar-refractivity contribution in [3.63, 3.8) is 0 Å². The number of halogens is 1. The molecule has 1 fully saturated rings. The van der Waals surface area contributed by atoms with Crippen LogP contribution in [-0.2, 0) is 0 Å². The summed E-state index contributed by atoms with van der Waals surface area (Å²) in [5.74, 6) is 0.796. The Morgan fingerprint density at radius 3 is 3.17 bits per heavy atom. The molecule has 100 valence electrons. The lowest BCUT2D eigenvalue weighted by Crippen LogP contribution is -2.29. The number of rotatable bonds is 5. The van der Waals surface area contributed by atoms with E-state index in [0.717, 1.165) is 24.4 Å². The van der Waals surface area contributed by atoms with Gasteiger partial charge in [-0.15, -0.1) is 0 Å². The van der Waals surface area contributed by atoms with Gasteiger partial charge in [0.1, 0.15) is 5.15 Å². The Kier molecular flexibility index (Phi) is 5.20. The average molecular weight is 270 g/mol. The van der Waals surface area contributed by atoms with Crippen LogP contribution in [0.5, 0.6) is 6.01 Å². The van der Waals surface area contributed by atoms with E-state index in [4.69, 9.17) is 16.3 Å². The third-order valence-corrected chi connectivity index (χ3v) is 3.66. The first-order chi connectivity index (χ1) is 8.75. The molecule has 0 radical (unpaired) electrons. The predicted octanol–water partition coefficient (Wildman–Crippen LogP) is 2.60. The van der Waals surface area contributed by atoms with Crippen molar-refractivity contribution < 1.29 is 4.74 Å². The zero-order valence-corrected chi connectivity index (χ0v) is 11.5. The number of hydrogen-bond acceptors (Lipinski definition) is 4. The van der Waals surface area contributed by atoms with Gasteiger partial charge >= 0.3 is 6.01 Å². The Balaban J connectivity index is 1.66. The van der Waals surface area contributed by atoms with E-state index in [1.807, 2.05) is 6.92 Å². The van der Waals surface area contributed by atoms with Crippen molar-refractivity contribution in [3.05, 3.63) is 16.9 Å². The number of nitrogens with zero attached hydrogens (tertiary/aromatic N) is 2. The summed E-state index contributed by atoms with van der Waals surface area (Å²) in [6.45, 7) is 4.85. The van der Waals surface area contributed by atoms with Gasteiger partial charge in [-0.1, -0.05) is 11.6 Å². The van der Waals surface area contributed by atoms with Crippen molar-refractivity contribution >= 4 is 11.6 Å². The van der Waals surface area contributed by atoms with Crippen LogP contribution >= 0.6 is 11.6 Å². The van der Waals surface area contributed by atoms with E-state index in [0.29, 0.717) is 17.8 Å². The second-order valence-electron chi connectivity index (χ2n) is 4.83. The number of aryl methyl sites for hydroxylation is 1. The van der Waals surface area contributed by atoms with Crippen LogP contribution in [0.1, 0.15) is 31.2 Å². The van der Waals surface area contributed by atoms with Crippen LogP contribution in [0.4, 0.5) is 0 Å². The molecule has 0 saturated carbocycles. The molecule has 0 bridgehead atoms. The van der Waals surface area contributed by atoms with Gasteiger partial charge in [0.25, 0.3) is 0 Å². The first-order valence-electron chi connectivity index (χ1n) is 6.58. The fraction of sp³-hybridized carbons (Fsp3) is 0.692. The second-order valence-corrected chi connectivity index (χ2v) is 5.19. The van der Waals surface area contributed by atoms with E-state index in [2.05, 4.69) is 15.3 Å². The maximum Gasteiger partial charge on any atom is 0.317 e. The molecule has 1 aromatic rings. The fourth-order valence-corrected chi connectivity index (χ4v) is 2.30. The average Bonchev–Trinajstić information content (AvgIpc) is 2.40. The van der Waals surface area contributed by atoms with E-state index in [1.165, 1.54) is 25.8 Å². The Morgan fingerprint density at radius 1 is 1.56 bits per heavy atom. The lowest BCUT2D eigenvalue weighted by atomic mass is 9.95. The van der Waals surface area contributed by atoms with Crippen molar-refractivity contribution in [1.82, 2.24) is 15.3 Å². The van der Waals surface area contributed by atoms with Crippen LogP contribution in [0, 0.1) is 12.8 Å². The molecule has 4 nitrogen and oxygen atoms in total. The number of nitrogens with one attached hydrogen (secondary N) is 1. The minimum atomic E-state index is 0.382. The van der Waals surface area contributed by atoms with E-state index in [9.17, 15) is 0 Å². The van der Waals surface area contributed by atoms with Crippen molar-refractivity contribution in [2.45, 2.75) is 32.6 Å². The Labute approximate surface area is 113 Å². The molecule has 1 aromatic heterocycles. The van der Waals surface area contributed by atoms with Gasteiger partial charge in [0, 0.05) is 11.8 Å². The third-order valence-electron chi connectivity index (χ3n) is 3.27. The van der Waals surface area contributed by atoms with Crippen LogP contribution in [0.3, 0.4) is 0 Å². The van der Waals surface area contributed by atoms with Crippen molar-refractivity contribution in [2.24, 2.45) is 5.92 Å². The van der Waals surface area contributed by atoms with Crippen LogP contribution in [0.15, 0.2) is 6.20 Å². The van der Waals surface area contributed by atoms with Crippen LogP contribution in [-0.4, -0.2) is 29.7 Å². The second kappa shape index (κ2) is 6.90. The van der Waals surface area contributed by atoms with Gasteiger partial charge in [0.2, 0.25) is 0 Å². The van der Waals surface area contributed by atoms with Gasteiger partial charge in [0.05, 0.1) is 6.61 Å². The largest absolute Gasteiger partial charge is 0.463 e. The molecule has 0 amide bonds. The highest BCUT2D eigenvalue weighted by atomic mass is 35.5. The molecule has 2 rings (SSSR count). The Hall–Kier alpha value is -0.870. The van der Waals surface area contributed by atoms with E-state index >= 15 is 0 Å². The summed E-state index contributed by atoms with van der Waals surface area (Å²) in [6.07, 6.45) is 6.56. The quantitative estimate of drug-likeness (QED) is 0.659. The van der Waals surface area contributed by atoms with E-state index in [-0.39, 0.29) is 0 Å². The molecule has 1 atom stereocenters. The monoisotopic (exact) mass is 269 g/mol. The molecule has 1 aliphatic rings. The zero-order chi connectivity index (χ0) is 12.8. The van der Waals surface area contributed by atoms with Gasteiger partial charge in [-0.3, -0.25) is 0 Å². The van der Waals surface area contributed by atoms with Crippen molar-refractivity contribution in [3.8, 4) is 6.01 Å². The van der Waals surface area contributed by atoms with Gasteiger partial charge in [-0.05, 0) is 51.6 Å². The highest BCUT2D eigenvalue weighted by Crippen LogP contribution is 2.17. The predicted molar refractivity (Wildman–Crippen MR) is 72.1 cm³/mol. The number of ether oxygens (including phenoxy) is 1. The van der Waals surface area contributed by atoms with Crippen LogP contribution < -0.4 is 10.1 Å². The summed E-state index contributed by atoms with van der Waals surface area (Å²) in [6, 6.07) is 0.382. The van der Waals surface area contributed by atoms with E-state index in [1.54, 1.807) is 6.20 Å². The third kappa shape index (κ3) is 4.10. The maximum atomic E-state index is 5.91. The smallest absolute Gasteiger partial charge is 0.317 e. The molecule has 0 unspecified atom stereocenters. The van der Waals surface area contributed by atoms with Gasteiger partial charge in [0.15, 0.2) is 0 Å². The summed E-state index contributed by atoms with van der Waals surface area (Å²) in [5.41, 5.74) is 0.872. The molecule has 0 spiro atoms. The number of piperidine rings is 1. The molecule has 5 heteroatoms. The highest BCUT2D eigenvalue weighted by molar-refractivity contribution is 6.30. The summed E-state index contributed by atoms with van der Waals surface area (Å²) in [4.78, 5) is 8.17. The zero-order valence-electron chi connectivity index (χ0n) is 10.8. The molecule has 0 aliphatic carbocycles. The van der Waals surface area contributed by atoms with Crippen molar-refractivity contribution in [1.29, 1.82) is 0 Å². The van der Waals surface area contributed by atoms with Gasteiger partial charge < -0.3 is 10.1 Å². The first kappa shape index (κ1) is 13.6. The molecule has 18 heavy (non-hydrogen) atoms. The molecule has 2 heterocycles.